The van der Waals surface area contributed by atoms with Gasteiger partial charge in [0.15, 0.2) is 0 Å². The molecule has 0 saturated carbocycles. The highest BCUT2D eigenvalue weighted by molar-refractivity contribution is 7.07. The predicted molar refractivity (Wildman–Crippen MR) is 76.6 cm³/mol. The highest BCUT2D eigenvalue weighted by atomic mass is 32.1. The van der Waals surface area contributed by atoms with Gasteiger partial charge in [0.05, 0.1) is 5.56 Å². The maximum atomic E-state index is 12.4. The summed E-state index contributed by atoms with van der Waals surface area (Å²) in [5, 5.41) is 4.23. The van der Waals surface area contributed by atoms with Gasteiger partial charge in [-0.25, -0.2) is 0 Å². The van der Waals surface area contributed by atoms with E-state index in [2.05, 4.69) is 5.32 Å². The van der Waals surface area contributed by atoms with E-state index in [1.54, 1.807) is 12.3 Å². The number of carbonyl (C=O) groups excluding carboxylic acids is 1. The van der Waals surface area contributed by atoms with E-state index in [0.717, 1.165) is 23.5 Å². The lowest BCUT2D eigenvalue weighted by Crippen LogP contribution is -2.30. The lowest BCUT2D eigenvalue weighted by molar-refractivity contribution is -0.137. The molecule has 0 aliphatic heterocycles. The molecule has 22 heavy (non-hydrogen) atoms. The molecule has 118 valence electrons. The highest BCUT2D eigenvalue weighted by Gasteiger charge is 2.29. The van der Waals surface area contributed by atoms with Gasteiger partial charge in [0.2, 0.25) is 5.91 Å². The number of halogens is 3. The zero-order valence-electron chi connectivity index (χ0n) is 11.6. The Kier molecular flexibility index (Phi) is 4.70. The van der Waals surface area contributed by atoms with Gasteiger partial charge < -0.3 is 5.32 Å². The molecule has 0 atom stereocenters. The molecule has 1 N–H and O–H groups in total. The number of benzene rings is 1. The fourth-order valence-electron chi connectivity index (χ4n) is 1.81. The van der Waals surface area contributed by atoms with Crippen molar-refractivity contribution in [3.8, 4) is 0 Å². The number of aryl methyl sites for hydroxylation is 1. The Bertz CT molecular complexity index is 717. The van der Waals surface area contributed by atoms with Crippen LogP contribution in [-0.4, -0.2) is 10.5 Å². The van der Waals surface area contributed by atoms with Crippen LogP contribution in [0, 0.1) is 6.92 Å². The average Bonchev–Trinajstić information content (AvgIpc) is 2.76. The molecule has 1 amide bonds. The van der Waals surface area contributed by atoms with Crippen LogP contribution in [0.5, 0.6) is 0 Å². The average molecular weight is 330 g/mol. The summed E-state index contributed by atoms with van der Waals surface area (Å²) in [6.45, 7) is 1.73. The molecule has 4 nitrogen and oxygen atoms in total. The minimum Gasteiger partial charge on any atom is -0.350 e. The van der Waals surface area contributed by atoms with Gasteiger partial charge in [-0.1, -0.05) is 23.5 Å². The number of nitrogens with zero attached hydrogens (tertiary/aromatic N) is 1. The van der Waals surface area contributed by atoms with Crippen LogP contribution in [0.1, 0.15) is 16.8 Å². The van der Waals surface area contributed by atoms with Gasteiger partial charge in [-0.3, -0.25) is 14.2 Å². The number of hydrogen-bond acceptors (Lipinski definition) is 3. The van der Waals surface area contributed by atoms with E-state index >= 15 is 0 Å². The zero-order chi connectivity index (χ0) is 16.3. The summed E-state index contributed by atoms with van der Waals surface area (Å²) < 4.78 is 38.6. The van der Waals surface area contributed by atoms with Crippen molar-refractivity contribution in [1.29, 1.82) is 0 Å². The third kappa shape index (κ3) is 3.97. The fourth-order valence-corrected chi connectivity index (χ4v) is 2.54. The van der Waals surface area contributed by atoms with Crippen LogP contribution in [0.25, 0.3) is 0 Å². The van der Waals surface area contributed by atoms with E-state index in [0.29, 0.717) is 11.3 Å². The maximum absolute atomic E-state index is 12.4. The van der Waals surface area contributed by atoms with E-state index in [-0.39, 0.29) is 23.9 Å². The number of carbonyl (C=O) groups is 1. The van der Waals surface area contributed by atoms with Crippen molar-refractivity contribution in [3.63, 3.8) is 0 Å². The Balaban J connectivity index is 1.93. The third-order valence-electron chi connectivity index (χ3n) is 3.05. The standard InChI is InChI=1S/C14H13F3N2O2S/c1-9-8-22-13(21)19(9)7-12(20)18-6-10-2-4-11(5-3-10)14(15,16)17/h2-5,8H,6-7H2,1H3,(H,18,20). The fraction of sp³-hybridized carbons (Fsp3) is 0.286. The number of amides is 1. The normalized spacial score (nSPS) is 11.5. The molecule has 0 spiro atoms. The second-order valence-corrected chi connectivity index (χ2v) is 5.52. The van der Waals surface area contributed by atoms with Crippen LogP contribution < -0.4 is 10.2 Å². The molecule has 1 heterocycles. The summed E-state index contributed by atoms with van der Waals surface area (Å²) in [6.07, 6.45) is -4.38. The Morgan fingerprint density at radius 2 is 1.91 bits per heavy atom. The Hall–Kier alpha value is -2.09. The van der Waals surface area contributed by atoms with E-state index in [9.17, 15) is 22.8 Å². The molecule has 0 saturated heterocycles. The smallest absolute Gasteiger partial charge is 0.350 e. The summed E-state index contributed by atoms with van der Waals surface area (Å²) >= 11 is 1.01. The Labute approximate surface area is 128 Å². The second-order valence-electron chi connectivity index (χ2n) is 4.70. The molecular weight excluding hydrogens is 317 g/mol. The quantitative estimate of drug-likeness (QED) is 0.937. The molecule has 2 rings (SSSR count). The minimum atomic E-state index is -4.38. The van der Waals surface area contributed by atoms with Crippen molar-refractivity contribution < 1.29 is 18.0 Å². The van der Waals surface area contributed by atoms with E-state index in [1.807, 2.05) is 0 Å². The number of nitrogens with one attached hydrogen (secondary N) is 1. The van der Waals surface area contributed by atoms with E-state index in [1.165, 1.54) is 16.7 Å². The molecule has 0 bridgehead atoms. The second kappa shape index (κ2) is 6.35. The first-order chi connectivity index (χ1) is 10.3. The van der Waals surface area contributed by atoms with Crippen molar-refractivity contribution in [1.82, 2.24) is 9.88 Å². The first kappa shape index (κ1) is 16.3. The van der Waals surface area contributed by atoms with Gasteiger partial charge in [0.25, 0.3) is 0 Å². The van der Waals surface area contributed by atoms with Gasteiger partial charge in [-0.05, 0) is 24.6 Å². The topological polar surface area (TPSA) is 51.1 Å². The van der Waals surface area contributed by atoms with Gasteiger partial charge in [0, 0.05) is 17.6 Å². The lowest BCUT2D eigenvalue weighted by Gasteiger charge is -2.09. The highest BCUT2D eigenvalue weighted by Crippen LogP contribution is 2.28. The molecule has 1 aromatic carbocycles. The van der Waals surface area contributed by atoms with Crippen LogP contribution in [0.4, 0.5) is 13.2 Å². The van der Waals surface area contributed by atoms with Crippen LogP contribution in [0.3, 0.4) is 0 Å². The Morgan fingerprint density at radius 3 is 2.41 bits per heavy atom. The van der Waals surface area contributed by atoms with Crippen molar-refractivity contribution in [3.05, 3.63) is 56.1 Å². The van der Waals surface area contributed by atoms with E-state index in [4.69, 9.17) is 0 Å². The molecule has 0 unspecified atom stereocenters. The monoisotopic (exact) mass is 330 g/mol. The van der Waals surface area contributed by atoms with Gasteiger partial charge in [0.1, 0.15) is 6.54 Å². The third-order valence-corrected chi connectivity index (χ3v) is 3.93. The predicted octanol–water partition coefficient (Wildman–Crippen LogP) is 2.55. The lowest BCUT2D eigenvalue weighted by atomic mass is 10.1. The summed E-state index contributed by atoms with van der Waals surface area (Å²) in [5.74, 6) is -0.372. The molecule has 1 aromatic heterocycles. The summed E-state index contributed by atoms with van der Waals surface area (Å²) in [6, 6.07) is 4.56. The summed E-state index contributed by atoms with van der Waals surface area (Å²) in [4.78, 5) is 23.0. The summed E-state index contributed by atoms with van der Waals surface area (Å²) in [7, 11) is 0. The van der Waals surface area contributed by atoms with Crippen LogP contribution in [0.15, 0.2) is 34.4 Å². The van der Waals surface area contributed by atoms with Gasteiger partial charge in [-0.2, -0.15) is 13.2 Å². The van der Waals surface area contributed by atoms with Crippen LogP contribution in [0.2, 0.25) is 0 Å². The van der Waals surface area contributed by atoms with Crippen molar-refractivity contribution >= 4 is 17.2 Å². The van der Waals surface area contributed by atoms with Crippen molar-refractivity contribution in [2.75, 3.05) is 0 Å². The number of aromatic nitrogens is 1. The number of hydrogen-bond donors (Lipinski definition) is 1. The molecular formula is C14H13F3N2O2S. The molecule has 0 aliphatic rings. The SMILES string of the molecule is Cc1csc(=O)n1CC(=O)NCc1ccc(C(F)(F)F)cc1. The van der Waals surface area contributed by atoms with Crippen LogP contribution in [-0.2, 0) is 24.1 Å². The molecule has 2 aromatic rings. The van der Waals surface area contributed by atoms with Crippen molar-refractivity contribution in [2.24, 2.45) is 0 Å². The first-order valence-electron chi connectivity index (χ1n) is 6.35. The largest absolute Gasteiger partial charge is 0.416 e. The first-order valence-corrected chi connectivity index (χ1v) is 7.23. The number of rotatable bonds is 4. The Morgan fingerprint density at radius 1 is 1.27 bits per heavy atom. The molecule has 0 radical (unpaired) electrons. The van der Waals surface area contributed by atoms with Crippen molar-refractivity contribution in [2.45, 2.75) is 26.2 Å². The molecule has 8 heteroatoms. The van der Waals surface area contributed by atoms with Crippen LogP contribution >= 0.6 is 11.3 Å². The summed E-state index contributed by atoms with van der Waals surface area (Å²) in [5.41, 5.74) is 0.512. The molecule has 0 aliphatic carbocycles. The van der Waals surface area contributed by atoms with E-state index < -0.39 is 11.7 Å². The zero-order valence-corrected chi connectivity index (χ0v) is 12.4. The molecule has 0 fully saturated rings. The maximum Gasteiger partial charge on any atom is 0.416 e. The van der Waals surface area contributed by atoms with Gasteiger partial charge in [-0.15, -0.1) is 0 Å². The number of thiazole rings is 1. The van der Waals surface area contributed by atoms with Gasteiger partial charge >= 0.3 is 11.0 Å². The minimum absolute atomic E-state index is 0.102. The number of alkyl halides is 3.